The molecule has 1 amide bonds. The summed E-state index contributed by atoms with van der Waals surface area (Å²) in [5.74, 6) is 0.743. The third-order valence-electron chi connectivity index (χ3n) is 3.91. The molecule has 0 bridgehead atoms. The number of methoxy groups -OCH3 is 2. The highest BCUT2D eigenvalue weighted by molar-refractivity contribution is 5.97. The van der Waals surface area contributed by atoms with Gasteiger partial charge in [-0.2, -0.15) is 0 Å². The summed E-state index contributed by atoms with van der Waals surface area (Å²) in [6, 6.07) is 15.1. The second kappa shape index (κ2) is 7.57. The average molecular weight is 337 g/mol. The first kappa shape index (κ1) is 16.6. The summed E-state index contributed by atoms with van der Waals surface area (Å²) in [4.78, 5) is 12.5. The normalized spacial score (nSPS) is 10.3. The molecule has 0 radical (unpaired) electrons. The Bertz CT molecular complexity index is 839. The fraction of sp³-hybridized carbons (Fsp3) is 0.150. The van der Waals surface area contributed by atoms with E-state index < -0.39 is 0 Å². The molecule has 2 aromatic carbocycles. The minimum Gasteiger partial charge on any atom is -0.493 e. The summed E-state index contributed by atoms with van der Waals surface area (Å²) in [6.07, 6.45) is 3.34. The van der Waals surface area contributed by atoms with E-state index >= 15 is 0 Å². The number of carbonyl (C=O) groups is 1. The zero-order valence-corrected chi connectivity index (χ0v) is 14.1. The number of rotatable bonds is 6. The predicted molar refractivity (Wildman–Crippen MR) is 94.9 cm³/mol. The Morgan fingerprint density at radius 1 is 1.00 bits per heavy atom. The summed E-state index contributed by atoms with van der Waals surface area (Å²) in [6.45, 7) is 0.421. The second-order valence-electron chi connectivity index (χ2n) is 5.43. The molecule has 25 heavy (non-hydrogen) atoms. The van der Waals surface area contributed by atoms with Crippen molar-refractivity contribution in [2.75, 3.05) is 14.2 Å². The maximum absolute atomic E-state index is 12.5. The van der Waals surface area contributed by atoms with Crippen molar-refractivity contribution in [3.63, 3.8) is 0 Å². The van der Waals surface area contributed by atoms with Crippen LogP contribution in [0.15, 0.2) is 65.5 Å². The first-order chi connectivity index (χ1) is 12.2. The number of nitrogens with one attached hydrogen (secondary N) is 1. The van der Waals surface area contributed by atoms with Crippen LogP contribution in [0.2, 0.25) is 0 Å². The van der Waals surface area contributed by atoms with Crippen LogP contribution < -0.4 is 14.8 Å². The van der Waals surface area contributed by atoms with Crippen LogP contribution in [0.4, 0.5) is 0 Å². The Hall–Kier alpha value is -3.21. The van der Waals surface area contributed by atoms with Gasteiger partial charge < -0.3 is 19.2 Å². The minimum atomic E-state index is -0.213. The summed E-state index contributed by atoms with van der Waals surface area (Å²) < 4.78 is 15.6. The molecule has 0 aliphatic heterocycles. The number of amides is 1. The summed E-state index contributed by atoms with van der Waals surface area (Å²) >= 11 is 0. The molecule has 3 rings (SSSR count). The van der Waals surface area contributed by atoms with E-state index in [0.717, 1.165) is 16.7 Å². The van der Waals surface area contributed by atoms with Crippen molar-refractivity contribution >= 4 is 5.91 Å². The predicted octanol–water partition coefficient (Wildman–Crippen LogP) is 3.89. The van der Waals surface area contributed by atoms with E-state index in [0.29, 0.717) is 23.6 Å². The Balaban J connectivity index is 1.68. The van der Waals surface area contributed by atoms with Crippen molar-refractivity contribution in [3.05, 3.63) is 72.2 Å². The molecule has 0 saturated heterocycles. The van der Waals surface area contributed by atoms with E-state index in [9.17, 15) is 4.79 Å². The Labute approximate surface area is 146 Å². The van der Waals surface area contributed by atoms with Crippen LogP contribution in [0.5, 0.6) is 11.5 Å². The highest BCUT2D eigenvalue weighted by Gasteiger charge is 2.16. The van der Waals surface area contributed by atoms with Crippen LogP contribution in [-0.4, -0.2) is 20.1 Å². The van der Waals surface area contributed by atoms with Gasteiger partial charge in [-0.05, 0) is 29.3 Å². The quantitative estimate of drug-likeness (QED) is 0.741. The standard InChI is InChI=1S/C20H19NO4/c1-23-18-5-3-4-17(19(18)24-2)20(22)21-12-14-6-8-15(9-7-14)16-10-11-25-13-16/h3-11,13H,12H2,1-2H3,(H,21,22). The molecule has 3 aromatic rings. The number of benzene rings is 2. The van der Waals surface area contributed by atoms with E-state index in [-0.39, 0.29) is 5.91 Å². The van der Waals surface area contributed by atoms with E-state index in [2.05, 4.69) is 5.32 Å². The van der Waals surface area contributed by atoms with Crippen molar-refractivity contribution in [2.45, 2.75) is 6.54 Å². The fourth-order valence-corrected chi connectivity index (χ4v) is 2.59. The number of hydrogen-bond acceptors (Lipinski definition) is 4. The summed E-state index contributed by atoms with van der Waals surface area (Å²) in [5, 5.41) is 2.90. The highest BCUT2D eigenvalue weighted by atomic mass is 16.5. The number of ether oxygens (including phenoxy) is 2. The molecular weight excluding hydrogens is 318 g/mol. The lowest BCUT2D eigenvalue weighted by atomic mass is 10.1. The van der Waals surface area contributed by atoms with Gasteiger partial charge in [-0.1, -0.05) is 30.3 Å². The van der Waals surface area contributed by atoms with E-state index in [4.69, 9.17) is 13.9 Å². The molecule has 0 fully saturated rings. The molecule has 0 aliphatic carbocycles. The van der Waals surface area contributed by atoms with Gasteiger partial charge in [0, 0.05) is 12.1 Å². The fourth-order valence-electron chi connectivity index (χ4n) is 2.59. The molecule has 5 heteroatoms. The van der Waals surface area contributed by atoms with Gasteiger partial charge in [-0.25, -0.2) is 0 Å². The molecule has 0 atom stereocenters. The van der Waals surface area contributed by atoms with Crippen LogP contribution in [0.3, 0.4) is 0 Å². The lowest BCUT2D eigenvalue weighted by Gasteiger charge is -2.12. The first-order valence-electron chi connectivity index (χ1n) is 7.83. The Kier molecular flexibility index (Phi) is 5.04. The second-order valence-corrected chi connectivity index (χ2v) is 5.43. The lowest BCUT2D eigenvalue weighted by molar-refractivity contribution is 0.0947. The van der Waals surface area contributed by atoms with Gasteiger partial charge in [-0.3, -0.25) is 4.79 Å². The number of hydrogen-bond donors (Lipinski definition) is 1. The smallest absolute Gasteiger partial charge is 0.255 e. The molecule has 128 valence electrons. The topological polar surface area (TPSA) is 60.7 Å². The molecule has 0 saturated carbocycles. The number of furan rings is 1. The molecule has 5 nitrogen and oxygen atoms in total. The van der Waals surface area contributed by atoms with Crippen LogP contribution in [0.25, 0.3) is 11.1 Å². The van der Waals surface area contributed by atoms with Crippen LogP contribution in [0, 0.1) is 0 Å². The SMILES string of the molecule is COc1cccc(C(=O)NCc2ccc(-c3ccoc3)cc2)c1OC. The first-order valence-corrected chi connectivity index (χ1v) is 7.83. The van der Waals surface area contributed by atoms with Gasteiger partial charge in [0.15, 0.2) is 11.5 Å². The van der Waals surface area contributed by atoms with Crippen molar-refractivity contribution in [1.29, 1.82) is 0 Å². The molecule has 1 aromatic heterocycles. The molecule has 0 unspecified atom stereocenters. The van der Waals surface area contributed by atoms with Crippen LogP contribution in [0.1, 0.15) is 15.9 Å². The summed E-state index contributed by atoms with van der Waals surface area (Å²) in [7, 11) is 3.06. The maximum Gasteiger partial charge on any atom is 0.255 e. The third-order valence-corrected chi connectivity index (χ3v) is 3.91. The minimum absolute atomic E-state index is 0.213. The van der Waals surface area contributed by atoms with Crippen LogP contribution >= 0.6 is 0 Å². The maximum atomic E-state index is 12.5. The van der Waals surface area contributed by atoms with Gasteiger partial charge in [0.1, 0.15) is 0 Å². The van der Waals surface area contributed by atoms with Gasteiger partial charge in [0.05, 0.1) is 32.3 Å². The van der Waals surface area contributed by atoms with Gasteiger partial charge >= 0.3 is 0 Å². The van der Waals surface area contributed by atoms with Crippen molar-refractivity contribution in [1.82, 2.24) is 5.32 Å². The van der Waals surface area contributed by atoms with Crippen molar-refractivity contribution in [3.8, 4) is 22.6 Å². The van der Waals surface area contributed by atoms with Crippen molar-refractivity contribution < 1.29 is 18.7 Å². The summed E-state index contributed by atoms with van der Waals surface area (Å²) in [5.41, 5.74) is 3.54. The number of para-hydroxylation sites is 1. The zero-order chi connectivity index (χ0) is 17.6. The van der Waals surface area contributed by atoms with Gasteiger partial charge in [0.25, 0.3) is 5.91 Å². The lowest BCUT2D eigenvalue weighted by Crippen LogP contribution is -2.23. The molecular formula is C20H19NO4. The average Bonchev–Trinajstić information content (AvgIpc) is 3.20. The Morgan fingerprint density at radius 3 is 2.44 bits per heavy atom. The molecule has 0 spiro atoms. The monoisotopic (exact) mass is 337 g/mol. The molecule has 1 heterocycles. The van der Waals surface area contributed by atoms with Crippen molar-refractivity contribution in [2.24, 2.45) is 0 Å². The highest BCUT2D eigenvalue weighted by Crippen LogP contribution is 2.30. The van der Waals surface area contributed by atoms with E-state index in [1.54, 1.807) is 37.8 Å². The molecule has 1 N–H and O–H groups in total. The molecule has 0 aliphatic rings. The largest absolute Gasteiger partial charge is 0.493 e. The number of carbonyl (C=O) groups excluding carboxylic acids is 1. The Morgan fingerprint density at radius 2 is 1.80 bits per heavy atom. The zero-order valence-electron chi connectivity index (χ0n) is 14.1. The van der Waals surface area contributed by atoms with Gasteiger partial charge in [-0.15, -0.1) is 0 Å². The van der Waals surface area contributed by atoms with Gasteiger partial charge in [0.2, 0.25) is 0 Å². The third kappa shape index (κ3) is 3.66. The van der Waals surface area contributed by atoms with E-state index in [1.807, 2.05) is 30.3 Å². The van der Waals surface area contributed by atoms with E-state index in [1.165, 1.54) is 7.11 Å². The van der Waals surface area contributed by atoms with Crippen LogP contribution in [-0.2, 0) is 6.54 Å².